The molecule has 4 aromatic carbocycles. The Bertz CT molecular complexity index is 2630. The van der Waals surface area contributed by atoms with E-state index in [9.17, 15) is 32.3 Å². The van der Waals surface area contributed by atoms with Gasteiger partial charge in [-0.2, -0.15) is 0 Å². The number of aromatic nitrogens is 2. The third-order valence-electron chi connectivity index (χ3n) is 11.4. The number of amides is 2. The van der Waals surface area contributed by atoms with E-state index in [0.29, 0.717) is 41.4 Å². The maximum atomic E-state index is 14.0. The van der Waals surface area contributed by atoms with E-state index in [1.807, 2.05) is 35.2 Å². The van der Waals surface area contributed by atoms with Crippen LogP contribution >= 0.6 is 0 Å². The molecule has 2 aliphatic carbocycles. The van der Waals surface area contributed by atoms with E-state index in [1.54, 1.807) is 11.0 Å². The van der Waals surface area contributed by atoms with Gasteiger partial charge < -0.3 is 19.8 Å². The van der Waals surface area contributed by atoms with Crippen molar-refractivity contribution < 1.29 is 25.6 Å². The zero-order chi connectivity index (χ0) is 36.5. The molecule has 0 saturated carbocycles. The summed E-state index contributed by atoms with van der Waals surface area (Å²) >= 11 is 0. The molecule has 4 heterocycles. The van der Waals surface area contributed by atoms with Crippen LogP contribution in [0.15, 0.2) is 101 Å². The summed E-state index contributed by atoms with van der Waals surface area (Å²) in [7, 11) is 0. The predicted octanol–water partition coefficient (Wildman–Crippen LogP) is 7.19. The first-order valence-corrected chi connectivity index (χ1v) is 17.7. The van der Waals surface area contributed by atoms with Gasteiger partial charge in [-0.1, -0.05) is 48.5 Å². The minimum absolute atomic E-state index is 0. The van der Waals surface area contributed by atoms with Crippen LogP contribution in [0.3, 0.4) is 0 Å². The zero-order valence-corrected chi connectivity index (χ0v) is 28.4. The van der Waals surface area contributed by atoms with E-state index < -0.39 is 17.2 Å². The van der Waals surface area contributed by atoms with E-state index in [-0.39, 0.29) is 67.4 Å². The summed E-state index contributed by atoms with van der Waals surface area (Å²) in [6, 6.07) is 25.9. The normalized spacial score (nSPS) is 20.4. The van der Waals surface area contributed by atoms with Gasteiger partial charge in [-0.15, -0.1) is 0 Å². The maximum Gasteiger partial charge on any atom is 0.252 e. The summed E-state index contributed by atoms with van der Waals surface area (Å²) < 4.78 is 41.0. The molecule has 2 amide bonds. The number of H-pyrrole nitrogens is 2. The van der Waals surface area contributed by atoms with Gasteiger partial charge in [-0.25, -0.2) is 13.2 Å². The molecule has 4 aliphatic rings. The monoisotopic (exact) mass is 718 g/mol. The number of halogens is 3. The second-order valence-electron chi connectivity index (χ2n) is 14.4. The van der Waals surface area contributed by atoms with Crippen LogP contribution in [0.2, 0.25) is 0 Å². The van der Waals surface area contributed by atoms with Crippen LogP contribution < -0.4 is 11.1 Å². The van der Waals surface area contributed by atoms with E-state index in [1.165, 1.54) is 52.6 Å². The molecule has 2 fully saturated rings. The molecule has 2 N–H and O–H groups in total. The fourth-order valence-electron chi connectivity index (χ4n) is 8.91. The zero-order valence-electron chi connectivity index (χ0n) is 28.4. The topological polar surface area (TPSA) is 106 Å². The highest BCUT2D eigenvalue weighted by atomic mass is 19.2. The van der Waals surface area contributed by atoms with Gasteiger partial charge in [0, 0.05) is 55.2 Å². The number of aromatic amines is 2. The average molecular weight is 719 g/mol. The molecule has 2 saturated heterocycles. The van der Waals surface area contributed by atoms with Gasteiger partial charge in [0.2, 0.25) is 11.8 Å². The fraction of sp³-hybridized carbons (Fsp3) is 0.238. The third-order valence-corrected chi connectivity index (χ3v) is 11.4. The Morgan fingerprint density at radius 1 is 0.642 bits per heavy atom. The lowest BCUT2D eigenvalue weighted by Gasteiger charge is -2.29. The standard InChI is InChI=1S/C21H16F2N2O2.C21H17FN2O2.2H2/c22-16-5-6-17-15(20(16)23)7-11(21(27)24-17)9-19(26)25-10-12-8-18(25)14-4-2-1-3-13(12)14;22-15-5-6-18-12(8-15)7-13(21(26)23-18)10-20(25)24-11-14-9-19(24)17-4-2-1-3-16(14)17;;/h1-7,12,18H,8-10H2,(H,24,27);1-8,14,19H,9-11H2,(H,23,26);2*1H. The van der Waals surface area contributed by atoms with Crippen molar-refractivity contribution in [3.8, 4) is 0 Å². The van der Waals surface area contributed by atoms with Crippen LogP contribution in [0.1, 0.15) is 73.0 Å². The number of hydrogen-bond acceptors (Lipinski definition) is 4. The molecule has 10 rings (SSSR count). The van der Waals surface area contributed by atoms with Gasteiger partial charge in [0.25, 0.3) is 11.1 Å². The molecule has 0 radical (unpaired) electrons. The van der Waals surface area contributed by atoms with Crippen LogP contribution in [0.4, 0.5) is 13.2 Å². The summed E-state index contributed by atoms with van der Waals surface area (Å²) in [5, 5.41) is 0.575. The smallest absolute Gasteiger partial charge is 0.252 e. The van der Waals surface area contributed by atoms with E-state index in [2.05, 4.69) is 28.2 Å². The average Bonchev–Trinajstić information content (AvgIpc) is 3.96. The molecular weight excluding hydrogens is 681 g/mol. The van der Waals surface area contributed by atoms with Gasteiger partial charge in [-0.3, -0.25) is 19.2 Å². The molecule has 2 aromatic heterocycles. The molecule has 4 unspecified atom stereocenters. The lowest BCUT2D eigenvalue weighted by Crippen LogP contribution is -2.35. The largest absolute Gasteiger partial charge is 0.335 e. The molecule has 4 atom stereocenters. The van der Waals surface area contributed by atoms with E-state index in [4.69, 9.17) is 0 Å². The molecule has 53 heavy (non-hydrogen) atoms. The highest BCUT2D eigenvalue weighted by molar-refractivity contribution is 5.85. The van der Waals surface area contributed by atoms with Gasteiger partial charge in [-0.05, 0) is 77.6 Å². The number of rotatable bonds is 4. The van der Waals surface area contributed by atoms with Crippen molar-refractivity contribution in [2.24, 2.45) is 0 Å². The predicted molar refractivity (Wildman–Crippen MR) is 197 cm³/mol. The minimum Gasteiger partial charge on any atom is -0.335 e. The van der Waals surface area contributed by atoms with Crippen LogP contribution in [0.25, 0.3) is 21.8 Å². The molecule has 8 nitrogen and oxygen atoms in total. The second kappa shape index (κ2) is 12.6. The van der Waals surface area contributed by atoms with Crippen LogP contribution in [0.5, 0.6) is 0 Å². The van der Waals surface area contributed by atoms with E-state index >= 15 is 0 Å². The Morgan fingerprint density at radius 3 is 1.74 bits per heavy atom. The van der Waals surface area contributed by atoms with E-state index in [0.717, 1.165) is 18.9 Å². The Labute approximate surface area is 303 Å². The first kappa shape index (κ1) is 32.9. The van der Waals surface area contributed by atoms with Gasteiger partial charge >= 0.3 is 0 Å². The van der Waals surface area contributed by atoms with Gasteiger partial charge in [0.1, 0.15) is 5.82 Å². The molecule has 11 heteroatoms. The molecular formula is C42H37F3N4O4. The van der Waals surface area contributed by atoms with Crippen LogP contribution in [-0.4, -0.2) is 44.7 Å². The molecule has 6 aromatic rings. The first-order chi connectivity index (χ1) is 25.6. The summed E-state index contributed by atoms with van der Waals surface area (Å²) in [4.78, 5) is 59.3. The first-order valence-electron chi connectivity index (χ1n) is 17.7. The lowest BCUT2D eigenvalue weighted by molar-refractivity contribution is -0.132. The van der Waals surface area contributed by atoms with Crippen molar-refractivity contribution >= 4 is 33.6 Å². The second-order valence-corrected chi connectivity index (χ2v) is 14.4. The Morgan fingerprint density at radius 2 is 1.15 bits per heavy atom. The SMILES string of the molecule is O=C(Cc1cc2c(F)c(F)ccc2[nH]c1=O)N1CC2CC1c1ccccc12.O=C(Cc1cc2cc(F)ccc2[nH]c1=O)N1CC2CC1c1ccccc12.[HH].[HH]. The Hall–Kier alpha value is -5.97. The maximum absolute atomic E-state index is 14.0. The summed E-state index contributed by atoms with van der Waals surface area (Å²) in [5.41, 5.74) is 5.61. The molecule has 0 spiro atoms. The van der Waals surface area contributed by atoms with Crippen molar-refractivity contribution in [2.75, 3.05) is 13.1 Å². The quantitative estimate of drug-likeness (QED) is 0.201. The van der Waals surface area contributed by atoms with Crippen molar-refractivity contribution in [2.45, 2.75) is 49.6 Å². The van der Waals surface area contributed by atoms with Crippen molar-refractivity contribution in [3.05, 3.63) is 163 Å². The Kier molecular flexibility index (Phi) is 7.83. The highest BCUT2D eigenvalue weighted by Gasteiger charge is 2.45. The lowest BCUT2D eigenvalue weighted by atomic mass is 9.99. The fourth-order valence-corrected chi connectivity index (χ4v) is 8.91. The summed E-state index contributed by atoms with van der Waals surface area (Å²) in [5.74, 6) is -1.87. The number of fused-ring (bicyclic) bond motifs is 12. The summed E-state index contributed by atoms with van der Waals surface area (Å²) in [6.07, 6.45) is 1.77. The minimum atomic E-state index is -1.02. The van der Waals surface area contributed by atoms with Gasteiger partial charge in [0.15, 0.2) is 11.6 Å². The van der Waals surface area contributed by atoms with Gasteiger partial charge in [0.05, 0.1) is 30.4 Å². The van der Waals surface area contributed by atoms with Crippen molar-refractivity contribution in [1.82, 2.24) is 19.8 Å². The number of nitrogens with one attached hydrogen (secondary N) is 2. The number of hydrogen-bond donors (Lipinski definition) is 2. The highest BCUT2D eigenvalue weighted by Crippen LogP contribution is 2.51. The number of likely N-dealkylation sites (tertiary alicyclic amines) is 2. The molecule has 4 bridgehead atoms. The number of benzene rings is 4. The summed E-state index contributed by atoms with van der Waals surface area (Å²) in [6.45, 7) is 1.34. The number of pyridine rings is 2. The molecule has 270 valence electrons. The van der Waals surface area contributed by atoms with Crippen LogP contribution in [0, 0.1) is 17.5 Å². The number of carbonyl (C=O) groups is 2. The van der Waals surface area contributed by atoms with Crippen molar-refractivity contribution in [1.29, 1.82) is 0 Å². The Balaban J connectivity index is 0.000000163. The third kappa shape index (κ3) is 5.62. The number of nitrogens with zero attached hydrogens (tertiary/aromatic N) is 2. The van der Waals surface area contributed by atoms with Crippen LogP contribution in [-0.2, 0) is 22.4 Å². The van der Waals surface area contributed by atoms with Crippen molar-refractivity contribution in [3.63, 3.8) is 0 Å². The molecule has 2 aliphatic heterocycles. The number of carbonyl (C=O) groups excluding carboxylic acids is 2.